The summed E-state index contributed by atoms with van der Waals surface area (Å²) >= 11 is 3.74. The van der Waals surface area contributed by atoms with Gasteiger partial charge < -0.3 is 19.3 Å². The van der Waals surface area contributed by atoms with Crippen molar-refractivity contribution in [2.75, 3.05) is 13.2 Å². The molecule has 3 aromatic rings. The zero-order chi connectivity index (χ0) is 29.9. The lowest BCUT2D eigenvalue weighted by molar-refractivity contribution is 0.0439. The van der Waals surface area contributed by atoms with Gasteiger partial charge in [-0.25, -0.2) is 18.4 Å². The Morgan fingerprint density at radius 2 is 1.55 bits per heavy atom. The summed E-state index contributed by atoms with van der Waals surface area (Å²) in [6.07, 6.45) is 1.37. The molecule has 0 saturated heterocycles. The summed E-state index contributed by atoms with van der Waals surface area (Å²) in [4.78, 5) is 23.2. The molecule has 212 valence electrons. The molecule has 0 amide bonds. The minimum Gasteiger partial charge on any atom is -0.506 e. The second-order valence-electron chi connectivity index (χ2n) is 7.51. The maximum absolute atomic E-state index is 14.1. The molecule has 0 unspecified atom stereocenters. The van der Waals surface area contributed by atoms with Crippen LogP contribution in [0, 0.1) is 30.4 Å². The van der Waals surface area contributed by atoms with Crippen molar-refractivity contribution < 1.29 is 59.4 Å². The van der Waals surface area contributed by atoms with E-state index in [1.54, 1.807) is 6.07 Å². The van der Waals surface area contributed by atoms with E-state index in [0.717, 1.165) is 0 Å². The maximum Gasteiger partial charge on any atom is 0.347 e. The van der Waals surface area contributed by atoms with Gasteiger partial charge in [0, 0.05) is 3.57 Å². The number of hydrogen-bond acceptors (Lipinski definition) is 8. The smallest absolute Gasteiger partial charge is 0.347 e. The Labute approximate surface area is 250 Å². The van der Waals surface area contributed by atoms with E-state index >= 15 is 0 Å². The average Bonchev–Trinajstić information content (AvgIpc) is 2.88. The van der Waals surface area contributed by atoms with E-state index < -0.39 is 69.2 Å². The number of carbonyl (C=O) groups excluding carboxylic acids is 2. The Morgan fingerprint density at radius 1 is 0.925 bits per heavy atom. The van der Waals surface area contributed by atoms with Crippen LogP contribution in [-0.4, -0.2) is 43.2 Å². The predicted octanol–water partition coefficient (Wildman–Crippen LogP) is 5.50. The van der Waals surface area contributed by atoms with Gasteiger partial charge >= 0.3 is 22.1 Å². The lowest BCUT2D eigenvalue weighted by Crippen LogP contribution is -2.17. The Hall–Kier alpha value is -2.97. The van der Waals surface area contributed by atoms with Crippen LogP contribution in [0.15, 0.2) is 41.8 Å². The highest BCUT2D eigenvalue weighted by Crippen LogP contribution is 2.33. The van der Waals surface area contributed by atoms with Gasteiger partial charge in [-0.1, -0.05) is 18.7 Å². The summed E-state index contributed by atoms with van der Waals surface area (Å²) in [5, 5.41) is 10.2. The SMILES string of the molecule is C=Cc1ccc(OC(=O)c2cc(I)cc(I)c2O)c(C(=O)OCCOc2c(F)c(F)c(S(=O)(=O)O)c(F)c2F)c1. The molecule has 2 N–H and O–H groups in total. The Morgan fingerprint density at radius 3 is 2.12 bits per heavy atom. The van der Waals surface area contributed by atoms with Crippen LogP contribution < -0.4 is 9.47 Å². The highest BCUT2D eigenvalue weighted by molar-refractivity contribution is 14.1. The molecule has 0 atom stereocenters. The van der Waals surface area contributed by atoms with Gasteiger partial charge in [-0.15, -0.1) is 0 Å². The molecule has 0 aliphatic carbocycles. The number of phenols is 1. The highest BCUT2D eigenvalue weighted by atomic mass is 127. The third-order valence-corrected chi connectivity index (χ3v) is 7.23. The van der Waals surface area contributed by atoms with Gasteiger partial charge in [-0.05, 0) is 75.0 Å². The molecule has 0 heterocycles. The molecule has 3 aromatic carbocycles. The van der Waals surface area contributed by atoms with Gasteiger partial charge in [0.25, 0.3) is 0 Å². The molecule has 0 radical (unpaired) electrons. The van der Waals surface area contributed by atoms with E-state index in [1.807, 2.05) is 45.2 Å². The predicted molar refractivity (Wildman–Crippen MR) is 147 cm³/mol. The van der Waals surface area contributed by atoms with Crippen molar-refractivity contribution in [2.45, 2.75) is 4.90 Å². The minimum absolute atomic E-state index is 0.180. The number of esters is 2. The minimum atomic E-state index is -5.65. The van der Waals surface area contributed by atoms with Crippen LogP contribution in [0.25, 0.3) is 6.08 Å². The first-order valence-corrected chi connectivity index (χ1v) is 14.1. The van der Waals surface area contributed by atoms with Gasteiger partial charge in [0.1, 0.15) is 35.8 Å². The Bertz CT molecular complexity index is 1620. The van der Waals surface area contributed by atoms with Crippen LogP contribution in [0.1, 0.15) is 26.3 Å². The van der Waals surface area contributed by atoms with Crippen molar-refractivity contribution in [1.29, 1.82) is 0 Å². The molecule has 40 heavy (non-hydrogen) atoms. The third-order valence-electron chi connectivity index (χ3n) is 4.91. The standard InChI is InChI=1S/C24H14F4I2O9S/c1-2-10-3-4-15(39-24(33)13-8-11(29)9-14(30)20(13)31)12(7-10)23(32)38-6-5-37-21-16(25)18(27)22(40(34,35)36)19(28)17(21)26/h2-4,7-9,31H,1,5-6H2,(H,34,35,36). The molecule has 0 spiro atoms. The summed E-state index contributed by atoms with van der Waals surface area (Å²) in [6.45, 7) is 1.95. The molecular formula is C24H14F4I2O9S. The van der Waals surface area contributed by atoms with Crippen molar-refractivity contribution in [3.8, 4) is 17.2 Å². The quantitative estimate of drug-likeness (QED) is 0.0547. The lowest BCUT2D eigenvalue weighted by Gasteiger charge is -2.14. The number of halogens is 6. The number of rotatable bonds is 9. The highest BCUT2D eigenvalue weighted by Gasteiger charge is 2.33. The molecule has 0 saturated carbocycles. The first-order chi connectivity index (χ1) is 18.7. The van der Waals surface area contributed by atoms with Crippen LogP contribution in [0.4, 0.5) is 17.6 Å². The third kappa shape index (κ3) is 6.84. The van der Waals surface area contributed by atoms with E-state index in [1.165, 1.54) is 30.3 Å². The van der Waals surface area contributed by atoms with Crippen molar-refractivity contribution in [1.82, 2.24) is 0 Å². The van der Waals surface area contributed by atoms with E-state index in [0.29, 0.717) is 12.7 Å². The van der Waals surface area contributed by atoms with Crippen LogP contribution in [0.3, 0.4) is 0 Å². The summed E-state index contributed by atoms with van der Waals surface area (Å²) in [5.41, 5.74) is -0.0680. The van der Waals surface area contributed by atoms with E-state index in [2.05, 4.69) is 11.3 Å². The molecule has 0 fully saturated rings. The molecule has 16 heteroatoms. The molecular weight excluding hydrogens is 794 g/mol. The number of hydrogen-bond donors (Lipinski definition) is 2. The first kappa shape index (κ1) is 31.6. The number of aromatic hydroxyl groups is 1. The molecule has 9 nitrogen and oxygen atoms in total. The molecule has 0 aromatic heterocycles. The second kappa shape index (κ2) is 12.7. The summed E-state index contributed by atoms with van der Waals surface area (Å²) in [5.74, 6) is -13.7. The van der Waals surface area contributed by atoms with E-state index in [9.17, 15) is 40.7 Å². The van der Waals surface area contributed by atoms with Crippen LogP contribution in [0.5, 0.6) is 17.2 Å². The fraction of sp³-hybridized carbons (Fsp3) is 0.0833. The van der Waals surface area contributed by atoms with Crippen molar-refractivity contribution in [2.24, 2.45) is 0 Å². The summed E-state index contributed by atoms with van der Waals surface area (Å²) < 4.78 is 103. The molecule has 0 aliphatic rings. The second-order valence-corrected chi connectivity index (χ2v) is 11.3. The normalized spacial score (nSPS) is 11.2. The lowest BCUT2D eigenvalue weighted by atomic mass is 10.1. The summed E-state index contributed by atoms with van der Waals surface area (Å²) in [7, 11) is -5.65. The van der Waals surface area contributed by atoms with E-state index in [-0.39, 0.29) is 22.6 Å². The zero-order valence-corrected chi connectivity index (χ0v) is 24.6. The van der Waals surface area contributed by atoms with Gasteiger partial charge in [-0.2, -0.15) is 17.2 Å². The van der Waals surface area contributed by atoms with Crippen molar-refractivity contribution >= 4 is 73.3 Å². The number of benzene rings is 3. The van der Waals surface area contributed by atoms with Gasteiger partial charge in [0.2, 0.25) is 11.6 Å². The largest absolute Gasteiger partial charge is 0.506 e. The molecule has 3 rings (SSSR count). The average molecular weight is 808 g/mol. The van der Waals surface area contributed by atoms with Crippen LogP contribution >= 0.6 is 45.2 Å². The topological polar surface area (TPSA) is 136 Å². The van der Waals surface area contributed by atoms with Gasteiger partial charge in [0.05, 0.1) is 3.57 Å². The fourth-order valence-electron chi connectivity index (χ4n) is 3.10. The first-order valence-electron chi connectivity index (χ1n) is 10.5. The zero-order valence-electron chi connectivity index (χ0n) is 19.5. The number of carbonyl (C=O) groups is 2. The maximum atomic E-state index is 14.1. The summed E-state index contributed by atoms with van der Waals surface area (Å²) in [6, 6.07) is 6.93. The Balaban J connectivity index is 1.78. The van der Waals surface area contributed by atoms with Crippen molar-refractivity contribution in [3.05, 3.63) is 84.0 Å². The van der Waals surface area contributed by atoms with Crippen LogP contribution in [-0.2, 0) is 14.9 Å². The monoisotopic (exact) mass is 808 g/mol. The van der Waals surface area contributed by atoms with Gasteiger partial charge in [0.15, 0.2) is 22.3 Å². The van der Waals surface area contributed by atoms with Gasteiger partial charge in [-0.3, -0.25) is 4.55 Å². The van der Waals surface area contributed by atoms with Crippen LogP contribution in [0.2, 0.25) is 0 Å². The molecule has 0 aliphatic heterocycles. The van der Waals surface area contributed by atoms with Crippen molar-refractivity contribution in [3.63, 3.8) is 0 Å². The number of ether oxygens (including phenoxy) is 3. The fourth-order valence-corrected chi connectivity index (χ4v) is 5.58. The Kier molecular flexibility index (Phi) is 10.0. The van der Waals surface area contributed by atoms with E-state index in [4.69, 9.17) is 14.0 Å². The molecule has 0 bridgehead atoms. The number of phenolic OH excluding ortho intramolecular Hbond substituents is 1.